The molecule has 0 aliphatic rings. The third kappa shape index (κ3) is 10.5. The van der Waals surface area contributed by atoms with Gasteiger partial charge in [-0.05, 0) is 35.6 Å². The maximum absolute atomic E-state index is 4.93. The van der Waals surface area contributed by atoms with Crippen molar-refractivity contribution in [1.82, 2.24) is 0 Å². The molecule has 8 heteroatoms. The molecule has 0 unspecified atom stereocenters. The van der Waals surface area contributed by atoms with E-state index in [1.165, 1.54) is 52.2 Å². The number of hydrogen-bond acceptors (Lipinski definition) is 0. The average molecular weight is 757 g/mol. The first-order valence-corrected chi connectivity index (χ1v) is 25.0. The number of benzene rings is 2. The third-order valence-corrected chi connectivity index (χ3v) is 8.73. The van der Waals surface area contributed by atoms with E-state index in [1.807, 2.05) is 0 Å². The van der Waals surface area contributed by atoms with Crippen molar-refractivity contribution in [2.45, 2.75) is 26.9 Å². The van der Waals surface area contributed by atoms with E-state index < -0.39 is 20.8 Å². The van der Waals surface area contributed by atoms with Crippen molar-refractivity contribution in [3.05, 3.63) is 68.6 Å². The Morgan fingerprint density at radius 2 is 1.00 bits per heavy atom. The van der Waals surface area contributed by atoms with Crippen molar-refractivity contribution in [3.63, 3.8) is 0 Å². The Balaban J connectivity index is 0.000000277. The number of aryl methyl sites for hydroxylation is 2. The Morgan fingerprint density at radius 3 is 1.26 bits per heavy atom. The van der Waals surface area contributed by atoms with E-state index in [0.717, 1.165) is 9.52 Å². The topological polar surface area (TPSA) is 0 Å². The first-order chi connectivity index (χ1) is 16.0. The molecule has 0 heterocycles. The molecule has 0 nitrogen and oxygen atoms in total. The molecule has 34 heavy (non-hydrogen) atoms. The summed E-state index contributed by atoms with van der Waals surface area (Å²) >= 11 is 6.45. The Morgan fingerprint density at radius 1 is 0.706 bits per heavy atom. The van der Waals surface area contributed by atoms with Crippen LogP contribution in [0.25, 0.3) is 21.5 Å². The van der Waals surface area contributed by atoms with E-state index in [0.29, 0.717) is 0 Å². The summed E-state index contributed by atoms with van der Waals surface area (Å²) in [5.41, 5.74) is 2.68. The fourth-order valence-electron chi connectivity index (χ4n) is 3.34. The molecule has 0 spiro atoms. The van der Waals surface area contributed by atoms with Gasteiger partial charge in [-0.25, -0.2) is 0 Å². The first kappa shape index (κ1) is 33.2. The Hall–Kier alpha value is 1.16. The second kappa shape index (κ2) is 16.9. The first-order valence-electron chi connectivity index (χ1n) is 10.6. The van der Waals surface area contributed by atoms with Crippen LogP contribution in [0.4, 0.5) is 0 Å². The van der Waals surface area contributed by atoms with Gasteiger partial charge in [0.1, 0.15) is 0 Å². The normalized spacial score (nSPS) is 10.3. The SMILES string of the molecule is C[Si]C.Cc1cc2c(Br)cc(P(C)C)cc2[cH-]1.Cc1cc2c(Br)cc(P(C)C)cc2[cH-]1.[Cl][Zr+2][Cl]. The molecule has 182 valence electrons. The van der Waals surface area contributed by atoms with Crippen LogP contribution in [0.15, 0.2) is 57.5 Å². The van der Waals surface area contributed by atoms with Crippen molar-refractivity contribution in [2.24, 2.45) is 0 Å². The third-order valence-electron chi connectivity index (χ3n) is 4.84. The monoisotopic (exact) mass is 752 g/mol. The molecular formula is C26H32Br2Cl2P2SiZr. The van der Waals surface area contributed by atoms with Crippen LogP contribution in [-0.4, -0.2) is 36.2 Å². The molecule has 0 aliphatic carbocycles. The van der Waals surface area contributed by atoms with Gasteiger partial charge in [0, 0.05) is 9.52 Å². The van der Waals surface area contributed by atoms with Crippen LogP contribution < -0.4 is 10.6 Å². The van der Waals surface area contributed by atoms with Crippen LogP contribution >= 0.6 is 64.7 Å². The average Bonchev–Trinajstić information content (AvgIpc) is 3.31. The Labute approximate surface area is 246 Å². The molecule has 4 aromatic carbocycles. The molecular weight excluding hydrogens is 724 g/mol. The number of rotatable bonds is 2. The van der Waals surface area contributed by atoms with Gasteiger partial charge >= 0.3 is 37.9 Å². The summed E-state index contributed by atoms with van der Waals surface area (Å²) in [4.78, 5) is 0. The summed E-state index contributed by atoms with van der Waals surface area (Å²) in [6.45, 7) is 17.8. The molecule has 0 bridgehead atoms. The number of hydrogen-bond donors (Lipinski definition) is 0. The van der Waals surface area contributed by atoms with Crippen LogP contribution in [0.5, 0.6) is 0 Å². The van der Waals surface area contributed by atoms with Gasteiger partial charge in [0.15, 0.2) is 0 Å². The van der Waals surface area contributed by atoms with Gasteiger partial charge in [0.2, 0.25) is 0 Å². The molecule has 0 saturated heterocycles. The zero-order valence-corrected chi connectivity index (χ0v) is 31.0. The molecule has 4 rings (SSSR count). The quantitative estimate of drug-likeness (QED) is 0.109. The van der Waals surface area contributed by atoms with E-state index in [9.17, 15) is 0 Å². The minimum atomic E-state index is -0.826. The molecule has 0 atom stereocenters. The van der Waals surface area contributed by atoms with Crippen LogP contribution in [0.1, 0.15) is 11.1 Å². The summed E-state index contributed by atoms with van der Waals surface area (Å²) in [5.74, 6) is 0. The summed E-state index contributed by atoms with van der Waals surface area (Å²) in [5, 5.41) is 8.33. The molecule has 0 fully saturated rings. The van der Waals surface area contributed by atoms with Crippen molar-refractivity contribution >= 4 is 106 Å². The standard InChI is InChI=1S/2C12H13BrP.C2H6Si.2ClH.Zr/c2*1-8-4-9-6-10(14(2)3)7-12(13)11(9)5-8;1-3-2;;;/h2*4-7H,1-3H3;1-2H3;2*1H;/q2*-1;;;;+4/p-2. The second-order valence-electron chi connectivity index (χ2n) is 8.29. The van der Waals surface area contributed by atoms with Gasteiger partial charge in [0.05, 0.1) is 0 Å². The van der Waals surface area contributed by atoms with Crippen LogP contribution in [0.3, 0.4) is 0 Å². The molecule has 0 N–H and O–H groups in total. The van der Waals surface area contributed by atoms with E-state index in [-0.39, 0.29) is 15.8 Å². The van der Waals surface area contributed by atoms with Gasteiger partial charge in [-0.15, -0.1) is 56.9 Å². The zero-order chi connectivity index (χ0) is 26.0. The summed E-state index contributed by atoms with van der Waals surface area (Å²) < 4.78 is 2.46. The van der Waals surface area contributed by atoms with Crippen LogP contribution in [-0.2, 0) is 20.8 Å². The van der Waals surface area contributed by atoms with Crippen molar-refractivity contribution in [3.8, 4) is 0 Å². The van der Waals surface area contributed by atoms with Gasteiger partial charge in [-0.2, -0.15) is 12.1 Å². The van der Waals surface area contributed by atoms with E-state index >= 15 is 0 Å². The van der Waals surface area contributed by atoms with E-state index in [2.05, 4.69) is 134 Å². The number of fused-ring (bicyclic) bond motifs is 2. The molecule has 4 aromatic rings. The van der Waals surface area contributed by atoms with Crippen molar-refractivity contribution in [2.75, 3.05) is 26.7 Å². The van der Waals surface area contributed by atoms with Crippen molar-refractivity contribution < 1.29 is 20.8 Å². The van der Waals surface area contributed by atoms with E-state index in [1.54, 1.807) is 0 Å². The fourth-order valence-corrected chi connectivity index (χ4v) is 6.44. The number of halogens is 4. The zero-order valence-electron chi connectivity index (χ0n) is 21.0. The molecule has 2 radical (unpaired) electrons. The summed E-state index contributed by atoms with van der Waals surface area (Å²) in [6, 6.07) is 18.1. The molecule has 0 aromatic heterocycles. The molecule has 0 amide bonds. The van der Waals surface area contributed by atoms with Crippen LogP contribution in [0.2, 0.25) is 13.1 Å². The Bertz CT molecular complexity index is 1080. The van der Waals surface area contributed by atoms with E-state index in [4.69, 9.17) is 17.0 Å². The van der Waals surface area contributed by atoms with Gasteiger partial charge in [0.25, 0.3) is 0 Å². The summed E-state index contributed by atoms with van der Waals surface area (Å²) in [6.07, 6.45) is 0. The predicted octanol–water partition coefficient (Wildman–Crippen LogP) is 10.2. The van der Waals surface area contributed by atoms with Crippen molar-refractivity contribution in [1.29, 1.82) is 0 Å². The van der Waals surface area contributed by atoms with Gasteiger partial charge in [-0.1, -0.05) is 97.4 Å². The predicted molar refractivity (Wildman–Crippen MR) is 170 cm³/mol. The minimum absolute atomic E-state index is 0.00573. The van der Waals surface area contributed by atoms with Crippen LogP contribution in [0, 0.1) is 13.8 Å². The Kier molecular flexibility index (Phi) is 16.5. The fraction of sp³-hybridized carbons (Fsp3) is 0.308. The summed E-state index contributed by atoms with van der Waals surface area (Å²) in [7, 11) is 10.9. The van der Waals surface area contributed by atoms with Gasteiger partial charge < -0.3 is 0 Å². The maximum atomic E-state index is 4.93. The van der Waals surface area contributed by atoms with Gasteiger partial charge in [-0.3, -0.25) is 0 Å². The molecule has 0 aliphatic heterocycles. The molecule has 0 saturated carbocycles. The second-order valence-corrected chi connectivity index (χ2v) is 19.3.